The number of fused-ring (bicyclic) bond motifs is 2. The normalized spacial score (nSPS) is 30.8. The lowest BCUT2D eigenvalue weighted by atomic mass is 9.87. The van der Waals surface area contributed by atoms with E-state index in [-0.39, 0.29) is 6.61 Å². The second-order valence-electron chi connectivity index (χ2n) is 7.31. The first-order chi connectivity index (χ1) is 10.1. The minimum atomic E-state index is -0.659. The van der Waals surface area contributed by atoms with E-state index in [0.717, 1.165) is 29.9 Å². The Labute approximate surface area is 128 Å². The van der Waals surface area contributed by atoms with Gasteiger partial charge in [0.05, 0.1) is 12.1 Å². The molecule has 1 aromatic rings. The van der Waals surface area contributed by atoms with Crippen molar-refractivity contribution in [3.63, 3.8) is 0 Å². The Hall–Kier alpha value is -0.900. The zero-order valence-corrected chi connectivity index (χ0v) is 13.0. The van der Waals surface area contributed by atoms with Gasteiger partial charge in [-0.1, -0.05) is 36.8 Å². The molecular weight excluding hydrogens is 260 g/mol. The highest BCUT2D eigenvalue weighted by atomic mass is 16.3. The van der Waals surface area contributed by atoms with E-state index in [9.17, 15) is 5.11 Å². The number of nitrogens with zero attached hydrogens (tertiary/aromatic N) is 1. The maximum atomic E-state index is 9.80. The summed E-state index contributed by atoms with van der Waals surface area (Å²) in [4.78, 5) is 2.33. The minimum Gasteiger partial charge on any atom is -0.394 e. The molecule has 0 saturated heterocycles. The van der Waals surface area contributed by atoms with Crippen LogP contribution in [0.2, 0.25) is 0 Å². The average molecular weight is 288 g/mol. The molecule has 0 radical (unpaired) electrons. The van der Waals surface area contributed by atoms with Crippen LogP contribution in [-0.4, -0.2) is 36.8 Å². The fourth-order valence-corrected chi connectivity index (χ4v) is 4.55. The molecule has 3 heteroatoms. The van der Waals surface area contributed by atoms with E-state index in [4.69, 9.17) is 5.73 Å². The van der Waals surface area contributed by atoms with Crippen LogP contribution in [0.15, 0.2) is 30.3 Å². The van der Waals surface area contributed by atoms with Crippen LogP contribution in [0.1, 0.15) is 31.2 Å². The van der Waals surface area contributed by atoms with Crippen LogP contribution in [0.25, 0.3) is 0 Å². The van der Waals surface area contributed by atoms with Crippen LogP contribution in [0, 0.1) is 17.8 Å². The number of aliphatic hydroxyl groups excluding tert-OH is 1. The van der Waals surface area contributed by atoms with Gasteiger partial charge in [0.1, 0.15) is 0 Å². The summed E-state index contributed by atoms with van der Waals surface area (Å²) in [6.07, 6.45) is 5.73. The van der Waals surface area contributed by atoms with E-state index >= 15 is 0 Å². The minimum absolute atomic E-state index is 0.0158. The maximum absolute atomic E-state index is 9.80. The second kappa shape index (κ2) is 6.07. The van der Waals surface area contributed by atoms with Gasteiger partial charge in [-0.05, 0) is 49.6 Å². The molecule has 3 nitrogen and oxygen atoms in total. The van der Waals surface area contributed by atoms with Crippen molar-refractivity contribution in [3.05, 3.63) is 35.9 Å². The fourth-order valence-electron chi connectivity index (χ4n) is 4.55. The molecule has 2 aliphatic rings. The van der Waals surface area contributed by atoms with Crippen LogP contribution < -0.4 is 5.73 Å². The van der Waals surface area contributed by atoms with Gasteiger partial charge in [0.2, 0.25) is 0 Å². The molecule has 4 atom stereocenters. The van der Waals surface area contributed by atoms with Crippen LogP contribution in [0.4, 0.5) is 0 Å². The lowest BCUT2D eigenvalue weighted by Crippen LogP contribution is -2.50. The van der Waals surface area contributed by atoms with E-state index in [1.165, 1.54) is 25.7 Å². The lowest BCUT2D eigenvalue weighted by Gasteiger charge is -2.35. The van der Waals surface area contributed by atoms with Crippen molar-refractivity contribution in [2.75, 3.05) is 26.7 Å². The van der Waals surface area contributed by atoms with Crippen molar-refractivity contribution in [2.45, 2.75) is 31.2 Å². The monoisotopic (exact) mass is 288 g/mol. The predicted molar refractivity (Wildman–Crippen MR) is 85.8 cm³/mol. The molecule has 2 saturated carbocycles. The summed E-state index contributed by atoms with van der Waals surface area (Å²) in [5.41, 5.74) is 6.84. The summed E-state index contributed by atoms with van der Waals surface area (Å²) in [6, 6.07) is 9.99. The van der Waals surface area contributed by atoms with Crippen molar-refractivity contribution in [2.24, 2.45) is 23.5 Å². The van der Waals surface area contributed by atoms with E-state index in [1.807, 2.05) is 30.3 Å². The average Bonchev–Trinajstić information content (AvgIpc) is 3.10. The number of hydrogen-bond acceptors (Lipinski definition) is 3. The Bertz CT molecular complexity index is 464. The number of benzene rings is 1. The standard InChI is InChI=1S/C18H28N2O/c1-20(11-16-10-14-7-8-15(16)9-14)12-18(19,13-21)17-5-3-2-4-6-17/h2-6,14-16,21H,7-13,19H2,1H3. The van der Waals surface area contributed by atoms with Gasteiger partial charge in [-0.15, -0.1) is 0 Å². The van der Waals surface area contributed by atoms with Crippen molar-refractivity contribution in [1.29, 1.82) is 0 Å². The molecule has 0 heterocycles. The van der Waals surface area contributed by atoms with E-state index in [1.54, 1.807) is 0 Å². The van der Waals surface area contributed by atoms with Crippen LogP contribution in [-0.2, 0) is 5.54 Å². The fraction of sp³-hybridized carbons (Fsp3) is 0.667. The van der Waals surface area contributed by atoms with Crippen molar-refractivity contribution < 1.29 is 5.11 Å². The van der Waals surface area contributed by atoms with Gasteiger partial charge >= 0.3 is 0 Å². The molecule has 1 aromatic carbocycles. The summed E-state index contributed by atoms with van der Waals surface area (Å²) >= 11 is 0. The first-order valence-corrected chi connectivity index (χ1v) is 8.24. The zero-order chi connectivity index (χ0) is 14.9. The largest absolute Gasteiger partial charge is 0.394 e. The number of rotatable bonds is 6. The van der Waals surface area contributed by atoms with E-state index < -0.39 is 5.54 Å². The highest BCUT2D eigenvalue weighted by Gasteiger charge is 2.40. The van der Waals surface area contributed by atoms with E-state index in [0.29, 0.717) is 6.54 Å². The smallest absolute Gasteiger partial charge is 0.0772 e. The van der Waals surface area contributed by atoms with E-state index in [2.05, 4.69) is 11.9 Å². The van der Waals surface area contributed by atoms with Gasteiger partial charge in [0.25, 0.3) is 0 Å². The second-order valence-corrected chi connectivity index (χ2v) is 7.31. The Morgan fingerprint density at radius 1 is 1.24 bits per heavy atom. The third-order valence-electron chi connectivity index (χ3n) is 5.61. The topological polar surface area (TPSA) is 49.5 Å². The number of hydrogen-bond donors (Lipinski definition) is 2. The molecule has 2 aliphatic carbocycles. The van der Waals surface area contributed by atoms with Crippen molar-refractivity contribution >= 4 is 0 Å². The number of nitrogens with two attached hydrogens (primary N) is 1. The first kappa shape index (κ1) is 15.0. The maximum Gasteiger partial charge on any atom is 0.0772 e. The molecular formula is C18H28N2O. The van der Waals surface area contributed by atoms with Crippen LogP contribution >= 0.6 is 0 Å². The summed E-state index contributed by atoms with van der Waals surface area (Å²) in [6.45, 7) is 1.81. The van der Waals surface area contributed by atoms with Gasteiger partial charge in [0.15, 0.2) is 0 Å². The van der Waals surface area contributed by atoms with Gasteiger partial charge in [-0.3, -0.25) is 0 Å². The quantitative estimate of drug-likeness (QED) is 0.844. The van der Waals surface area contributed by atoms with Crippen molar-refractivity contribution in [1.82, 2.24) is 4.90 Å². The van der Waals surface area contributed by atoms with Gasteiger partial charge in [0, 0.05) is 13.1 Å². The van der Waals surface area contributed by atoms with Gasteiger partial charge < -0.3 is 15.7 Å². The summed E-state index contributed by atoms with van der Waals surface area (Å²) in [5, 5.41) is 9.80. The number of likely N-dealkylation sites (N-methyl/N-ethyl adjacent to an activating group) is 1. The first-order valence-electron chi connectivity index (χ1n) is 8.24. The van der Waals surface area contributed by atoms with Crippen molar-refractivity contribution in [3.8, 4) is 0 Å². The van der Waals surface area contributed by atoms with Crippen LogP contribution in [0.5, 0.6) is 0 Å². The Morgan fingerprint density at radius 2 is 2.00 bits per heavy atom. The Kier molecular flexibility index (Phi) is 4.34. The van der Waals surface area contributed by atoms with Crippen LogP contribution in [0.3, 0.4) is 0 Å². The lowest BCUT2D eigenvalue weighted by molar-refractivity contribution is 0.131. The summed E-state index contributed by atoms with van der Waals surface area (Å²) < 4.78 is 0. The molecule has 2 bridgehead atoms. The molecule has 21 heavy (non-hydrogen) atoms. The molecule has 0 aromatic heterocycles. The Balaban J connectivity index is 1.61. The zero-order valence-electron chi connectivity index (χ0n) is 13.0. The molecule has 2 fully saturated rings. The highest BCUT2D eigenvalue weighted by molar-refractivity contribution is 5.24. The molecule has 3 rings (SSSR count). The SMILES string of the molecule is CN(CC1CC2CCC1C2)CC(N)(CO)c1ccccc1. The molecule has 4 unspecified atom stereocenters. The highest BCUT2D eigenvalue weighted by Crippen LogP contribution is 2.48. The molecule has 0 amide bonds. The molecule has 116 valence electrons. The third kappa shape index (κ3) is 3.15. The summed E-state index contributed by atoms with van der Waals surface area (Å²) in [5.74, 6) is 2.77. The molecule has 0 spiro atoms. The van der Waals surface area contributed by atoms with Gasteiger partial charge in [-0.25, -0.2) is 0 Å². The molecule has 0 aliphatic heterocycles. The third-order valence-corrected chi connectivity index (χ3v) is 5.61. The number of aliphatic hydroxyl groups is 1. The predicted octanol–water partition coefficient (Wildman–Crippen LogP) is 2.20. The molecule has 3 N–H and O–H groups in total. The summed E-state index contributed by atoms with van der Waals surface area (Å²) in [7, 11) is 2.15. The van der Waals surface area contributed by atoms with Gasteiger partial charge in [-0.2, -0.15) is 0 Å². The Morgan fingerprint density at radius 3 is 2.57 bits per heavy atom.